The fourth-order valence-electron chi connectivity index (χ4n) is 3.37. The van der Waals surface area contributed by atoms with Gasteiger partial charge >= 0.3 is 0 Å². The summed E-state index contributed by atoms with van der Waals surface area (Å²) < 4.78 is 27.4. The van der Waals surface area contributed by atoms with Crippen molar-refractivity contribution in [3.63, 3.8) is 0 Å². The summed E-state index contributed by atoms with van der Waals surface area (Å²) >= 11 is 1.49. The van der Waals surface area contributed by atoms with Crippen molar-refractivity contribution in [2.45, 2.75) is 43.7 Å². The van der Waals surface area contributed by atoms with Gasteiger partial charge in [0.25, 0.3) is 0 Å². The minimum atomic E-state index is -3.37. The lowest BCUT2D eigenvalue weighted by atomic mass is 10.0. The third-order valence-corrected chi connectivity index (χ3v) is 7.74. The highest BCUT2D eigenvalue weighted by atomic mass is 32.2. The topological polar surface area (TPSA) is 66.6 Å². The highest BCUT2D eigenvalue weighted by Gasteiger charge is 2.36. The van der Waals surface area contributed by atoms with E-state index >= 15 is 0 Å². The van der Waals surface area contributed by atoms with Crippen molar-refractivity contribution in [3.8, 4) is 0 Å². The first-order valence-electron chi connectivity index (χ1n) is 7.56. The summed E-state index contributed by atoms with van der Waals surface area (Å²) in [4.78, 5) is 4.68. The van der Waals surface area contributed by atoms with Gasteiger partial charge in [0, 0.05) is 42.0 Å². The number of rotatable bonds is 3. The van der Waals surface area contributed by atoms with Gasteiger partial charge in [0.2, 0.25) is 10.0 Å². The number of fused-ring (bicyclic) bond motifs is 1. The van der Waals surface area contributed by atoms with Gasteiger partial charge in [-0.1, -0.05) is 6.42 Å². The Balaban J connectivity index is 1.83. The van der Waals surface area contributed by atoms with E-state index in [0.717, 1.165) is 29.3 Å². The van der Waals surface area contributed by atoms with Crippen LogP contribution in [0.3, 0.4) is 0 Å². The molecule has 2 saturated heterocycles. The van der Waals surface area contributed by atoms with Gasteiger partial charge in [-0.25, -0.2) is 8.42 Å². The fourth-order valence-corrected chi connectivity index (χ4v) is 6.32. The van der Waals surface area contributed by atoms with Crippen LogP contribution < -0.4 is 5.73 Å². The summed E-state index contributed by atoms with van der Waals surface area (Å²) in [5, 5.41) is 0. The number of piperidine rings is 1. The molecule has 118 valence electrons. The lowest BCUT2D eigenvalue weighted by molar-refractivity contribution is 0.0851. The second-order valence-corrected chi connectivity index (χ2v) is 9.13. The highest BCUT2D eigenvalue weighted by Crippen LogP contribution is 2.30. The van der Waals surface area contributed by atoms with Gasteiger partial charge in [0.1, 0.15) is 0 Å². The Bertz CT molecular complexity index is 612. The minimum absolute atomic E-state index is 0.398. The Labute approximate surface area is 130 Å². The van der Waals surface area contributed by atoms with Crippen LogP contribution in [0.5, 0.6) is 0 Å². The summed E-state index contributed by atoms with van der Waals surface area (Å²) in [5.74, 6) is 0. The molecular weight excluding hydrogens is 306 g/mol. The maximum absolute atomic E-state index is 12.9. The zero-order valence-electron chi connectivity index (χ0n) is 12.4. The summed E-state index contributed by atoms with van der Waals surface area (Å²) in [5.41, 5.74) is 5.64. The Morgan fingerprint density at radius 1 is 1.33 bits per heavy atom. The van der Waals surface area contributed by atoms with E-state index in [2.05, 4.69) is 4.90 Å². The summed E-state index contributed by atoms with van der Waals surface area (Å²) in [7, 11) is -3.37. The smallest absolute Gasteiger partial charge is 0.244 e. The molecule has 0 bridgehead atoms. The SMILES string of the molecule is Cc1sc(CN)cc1S(=O)(=O)N1CCN2CCCCC2C1. The molecule has 3 heterocycles. The number of nitrogens with two attached hydrogens (primary N) is 1. The van der Waals surface area contributed by atoms with Crippen LogP contribution in [-0.4, -0.2) is 49.8 Å². The lowest BCUT2D eigenvalue weighted by Gasteiger charge is -2.43. The predicted octanol–water partition coefficient (Wildman–Crippen LogP) is 1.37. The molecule has 7 heteroatoms. The molecule has 3 rings (SSSR count). The van der Waals surface area contributed by atoms with Crippen LogP contribution in [-0.2, 0) is 16.6 Å². The van der Waals surface area contributed by atoms with E-state index in [4.69, 9.17) is 5.73 Å². The first-order chi connectivity index (χ1) is 10.0. The molecule has 21 heavy (non-hydrogen) atoms. The van der Waals surface area contributed by atoms with Crippen LogP contribution in [0.1, 0.15) is 29.0 Å². The number of aryl methyl sites for hydroxylation is 1. The molecule has 2 fully saturated rings. The average molecular weight is 329 g/mol. The van der Waals surface area contributed by atoms with Gasteiger partial charge in [0.15, 0.2) is 0 Å². The first-order valence-corrected chi connectivity index (χ1v) is 9.81. The van der Waals surface area contributed by atoms with Crippen LogP contribution in [0.15, 0.2) is 11.0 Å². The number of hydrogen-bond donors (Lipinski definition) is 1. The number of piperazine rings is 1. The van der Waals surface area contributed by atoms with Crippen molar-refractivity contribution < 1.29 is 8.42 Å². The second-order valence-electron chi connectivity index (χ2n) is 5.89. The van der Waals surface area contributed by atoms with Crippen LogP contribution >= 0.6 is 11.3 Å². The molecular formula is C14H23N3O2S2. The number of hydrogen-bond acceptors (Lipinski definition) is 5. The molecule has 0 amide bonds. The van der Waals surface area contributed by atoms with Gasteiger partial charge in [0.05, 0.1) is 4.90 Å². The van der Waals surface area contributed by atoms with E-state index in [-0.39, 0.29) is 0 Å². The third-order valence-electron chi connectivity index (χ3n) is 4.54. The first kappa shape index (κ1) is 15.4. The van der Waals surface area contributed by atoms with Gasteiger partial charge in [-0.2, -0.15) is 4.31 Å². The summed E-state index contributed by atoms with van der Waals surface area (Å²) in [6, 6.07) is 2.15. The number of thiophene rings is 1. The van der Waals surface area contributed by atoms with Crippen LogP contribution in [0.4, 0.5) is 0 Å². The van der Waals surface area contributed by atoms with Gasteiger partial charge in [-0.15, -0.1) is 11.3 Å². The van der Waals surface area contributed by atoms with Crippen LogP contribution in [0, 0.1) is 6.92 Å². The van der Waals surface area contributed by atoms with Crippen molar-refractivity contribution in [2.75, 3.05) is 26.2 Å². The van der Waals surface area contributed by atoms with Gasteiger partial charge in [-0.05, 0) is 32.4 Å². The number of sulfonamides is 1. The maximum atomic E-state index is 12.9. The molecule has 1 atom stereocenters. The Morgan fingerprint density at radius 3 is 2.86 bits per heavy atom. The normalized spacial score (nSPS) is 25.0. The fraction of sp³-hybridized carbons (Fsp3) is 0.714. The average Bonchev–Trinajstić information content (AvgIpc) is 2.88. The van der Waals surface area contributed by atoms with Crippen molar-refractivity contribution >= 4 is 21.4 Å². The standard InChI is InChI=1S/C14H23N3O2S2/c1-11-14(8-13(9-15)20-11)21(18,19)17-7-6-16-5-3-2-4-12(16)10-17/h8,12H,2-7,9-10,15H2,1H3. The summed E-state index contributed by atoms with van der Waals surface area (Å²) in [6.45, 7) is 5.48. The molecule has 1 unspecified atom stereocenters. The van der Waals surface area contributed by atoms with Gasteiger partial charge < -0.3 is 5.73 Å². The quantitative estimate of drug-likeness (QED) is 0.910. The maximum Gasteiger partial charge on any atom is 0.244 e. The molecule has 2 aliphatic rings. The molecule has 5 nitrogen and oxygen atoms in total. The third kappa shape index (κ3) is 2.90. The van der Waals surface area contributed by atoms with E-state index in [1.54, 1.807) is 10.4 Å². The molecule has 1 aromatic rings. The van der Waals surface area contributed by atoms with Crippen LogP contribution in [0.2, 0.25) is 0 Å². The molecule has 2 aliphatic heterocycles. The number of nitrogens with zero attached hydrogens (tertiary/aromatic N) is 2. The molecule has 0 radical (unpaired) electrons. The second kappa shape index (κ2) is 5.96. The molecule has 0 spiro atoms. The van der Waals surface area contributed by atoms with E-state index in [9.17, 15) is 8.42 Å². The van der Waals surface area contributed by atoms with Crippen molar-refractivity contribution in [1.29, 1.82) is 0 Å². The monoisotopic (exact) mass is 329 g/mol. The highest BCUT2D eigenvalue weighted by molar-refractivity contribution is 7.89. The predicted molar refractivity (Wildman–Crippen MR) is 84.9 cm³/mol. The molecule has 0 aliphatic carbocycles. The molecule has 2 N–H and O–H groups in total. The lowest BCUT2D eigenvalue weighted by Crippen LogP contribution is -2.56. The Morgan fingerprint density at radius 2 is 2.14 bits per heavy atom. The van der Waals surface area contributed by atoms with Gasteiger partial charge in [-0.3, -0.25) is 4.90 Å². The van der Waals surface area contributed by atoms with Crippen molar-refractivity contribution in [1.82, 2.24) is 9.21 Å². The Kier molecular flexibility index (Phi) is 4.38. The van der Waals surface area contributed by atoms with Crippen LogP contribution in [0.25, 0.3) is 0 Å². The zero-order chi connectivity index (χ0) is 15.0. The van der Waals surface area contributed by atoms with E-state index in [1.165, 1.54) is 24.2 Å². The van der Waals surface area contributed by atoms with Crippen molar-refractivity contribution in [2.24, 2.45) is 5.73 Å². The largest absolute Gasteiger partial charge is 0.326 e. The summed E-state index contributed by atoms with van der Waals surface area (Å²) in [6.07, 6.45) is 3.57. The zero-order valence-corrected chi connectivity index (χ0v) is 14.0. The minimum Gasteiger partial charge on any atom is -0.326 e. The molecule has 0 aromatic carbocycles. The van der Waals surface area contributed by atoms with Crippen molar-refractivity contribution in [3.05, 3.63) is 15.8 Å². The van der Waals surface area contributed by atoms with E-state index in [0.29, 0.717) is 30.6 Å². The van der Waals surface area contributed by atoms with E-state index in [1.807, 2.05) is 6.92 Å². The van der Waals surface area contributed by atoms with E-state index < -0.39 is 10.0 Å². The molecule has 1 aromatic heterocycles. The molecule has 0 saturated carbocycles. The Hall–Kier alpha value is -0.470.